The average molecular weight is 721 g/mol. The number of hydrogen-bond acceptors (Lipinski definition) is 3. The minimum Gasteiger partial charge on any atom is -0.457 e. The molecule has 3 atom stereocenters. The Morgan fingerprint density at radius 1 is 0.778 bits per heavy atom. The van der Waals surface area contributed by atoms with Gasteiger partial charge in [-0.15, -0.1) is 0 Å². The van der Waals surface area contributed by atoms with Crippen LogP contribution in [-0.4, -0.2) is 19.3 Å². The minimum absolute atomic E-state index is 0.322. The number of benzene rings is 3. The maximum Gasteiger partial charge on any atom is 0.137 e. The van der Waals surface area contributed by atoms with Crippen molar-refractivity contribution in [2.45, 2.75) is 107 Å². The Balaban J connectivity index is 1.31. The number of ether oxygens (including phenoxy) is 1. The van der Waals surface area contributed by atoms with Gasteiger partial charge in [-0.3, -0.25) is 4.57 Å². The van der Waals surface area contributed by atoms with Crippen LogP contribution in [0.5, 0.6) is 11.5 Å². The monoisotopic (exact) mass is 720 g/mol. The molecular weight excluding hydrogens is 661 g/mol. The first-order valence-corrected chi connectivity index (χ1v) is 20.5. The topological polar surface area (TPSA) is 44.9 Å². The van der Waals surface area contributed by atoms with Gasteiger partial charge in [-0.25, -0.2) is 9.67 Å². The highest BCUT2D eigenvalue weighted by Gasteiger charge is 2.39. The van der Waals surface area contributed by atoms with Crippen LogP contribution in [0.25, 0.3) is 33.3 Å². The van der Waals surface area contributed by atoms with Gasteiger partial charge in [-0.1, -0.05) is 98.6 Å². The summed E-state index contributed by atoms with van der Waals surface area (Å²) in [6.07, 6.45) is 7.92. The lowest BCUT2D eigenvalue weighted by atomic mass is 9.63. The van der Waals surface area contributed by atoms with Crippen molar-refractivity contribution in [3.8, 4) is 23.0 Å². The zero-order chi connectivity index (χ0) is 38.4. The molecule has 1 aliphatic rings. The first-order valence-electron chi connectivity index (χ1n) is 20.5. The number of fused-ring (bicyclic) bond motifs is 3. The summed E-state index contributed by atoms with van der Waals surface area (Å²) in [6, 6.07) is 26.1. The molecule has 0 aliphatic heterocycles. The van der Waals surface area contributed by atoms with E-state index in [-0.39, 0.29) is 0 Å². The Morgan fingerprint density at radius 2 is 1.54 bits per heavy atom. The summed E-state index contributed by atoms with van der Waals surface area (Å²) in [4.78, 5) is 4.85. The summed E-state index contributed by atoms with van der Waals surface area (Å²) < 4.78 is 11.3. The van der Waals surface area contributed by atoms with Crippen LogP contribution in [0.2, 0.25) is 0 Å². The molecule has 0 saturated carbocycles. The zero-order valence-corrected chi connectivity index (χ0v) is 34.4. The van der Waals surface area contributed by atoms with E-state index >= 15 is 0 Å². The Kier molecular flexibility index (Phi) is 10.6. The van der Waals surface area contributed by atoms with Gasteiger partial charge in [-0.2, -0.15) is 5.10 Å². The molecule has 0 N–H and O–H groups in total. The van der Waals surface area contributed by atoms with Gasteiger partial charge in [-0.05, 0) is 116 Å². The summed E-state index contributed by atoms with van der Waals surface area (Å²) in [5.41, 5.74) is 11.1. The molecule has 3 aromatic carbocycles. The molecule has 7 rings (SSSR count). The largest absolute Gasteiger partial charge is 0.457 e. The SMILES string of the molecule is CCCc1ccnc(-n2c3ccccc3c3ccc(Oc4cc(C(C)C)cc(-n5nc(C)c(C6C(C(C)C)=C[C@H](C(C)C)C[C@@H]6C(C)C)c5C)c4)cc32)c1. The van der Waals surface area contributed by atoms with Crippen molar-refractivity contribution < 1.29 is 4.74 Å². The Hall–Kier alpha value is -4.64. The van der Waals surface area contributed by atoms with E-state index in [0.29, 0.717) is 41.4 Å². The average Bonchev–Trinajstić information content (AvgIpc) is 3.63. The van der Waals surface area contributed by atoms with E-state index in [2.05, 4.69) is 164 Å². The van der Waals surface area contributed by atoms with E-state index in [0.717, 1.165) is 52.6 Å². The fourth-order valence-corrected chi connectivity index (χ4v) is 9.07. The number of pyridine rings is 1. The molecule has 282 valence electrons. The molecule has 0 fully saturated rings. The molecular formula is C49H60N4O. The summed E-state index contributed by atoms with van der Waals surface area (Å²) in [7, 11) is 0. The standard InChI is InChI=1S/C49H60N4O/c1-12-15-35-20-21-50-47(22-35)52-45-17-14-13-16-41(45)42-19-18-39(28-46(42)52)54-40-24-36(29(2)3)23-38(27-40)53-34(11)48(33(10)51-53)49-43(31(6)7)25-37(30(4)5)26-44(49)32(8)9/h13-14,16-25,27-32,37,44,49H,12,15,26H2,1-11H3/t37-,44+,49?/m0/s1. The lowest BCUT2D eigenvalue weighted by Gasteiger charge is -2.41. The highest BCUT2D eigenvalue weighted by molar-refractivity contribution is 6.09. The normalized spacial score (nSPS) is 17.8. The second-order valence-electron chi connectivity index (χ2n) is 17.2. The predicted molar refractivity (Wildman–Crippen MR) is 227 cm³/mol. The number of nitrogens with zero attached hydrogens (tertiary/aromatic N) is 4. The summed E-state index contributed by atoms with van der Waals surface area (Å²) in [5, 5.41) is 7.69. The molecule has 3 heterocycles. The molecule has 1 aliphatic carbocycles. The maximum atomic E-state index is 6.83. The molecule has 0 bridgehead atoms. The van der Waals surface area contributed by atoms with Crippen LogP contribution in [0, 0.1) is 43.4 Å². The third kappa shape index (κ3) is 7.03. The first kappa shape index (κ1) is 37.7. The van der Waals surface area contributed by atoms with E-state index in [1.54, 1.807) is 5.57 Å². The molecule has 0 saturated heterocycles. The molecule has 1 unspecified atom stereocenters. The number of aromatic nitrogens is 4. The van der Waals surface area contributed by atoms with Gasteiger partial charge in [0.2, 0.25) is 0 Å². The molecule has 5 heteroatoms. The third-order valence-corrected chi connectivity index (χ3v) is 12.1. The number of rotatable bonds is 11. The minimum atomic E-state index is 0.322. The van der Waals surface area contributed by atoms with Crippen molar-refractivity contribution >= 4 is 21.8 Å². The number of para-hydroxylation sites is 1. The van der Waals surface area contributed by atoms with Crippen LogP contribution in [-0.2, 0) is 6.42 Å². The smallest absolute Gasteiger partial charge is 0.137 e. The van der Waals surface area contributed by atoms with Crippen molar-refractivity contribution in [1.29, 1.82) is 0 Å². The molecule has 0 radical (unpaired) electrons. The van der Waals surface area contributed by atoms with Gasteiger partial charge in [0.25, 0.3) is 0 Å². The van der Waals surface area contributed by atoms with E-state index in [4.69, 9.17) is 14.8 Å². The Morgan fingerprint density at radius 3 is 2.24 bits per heavy atom. The van der Waals surface area contributed by atoms with Crippen molar-refractivity contribution in [3.05, 3.63) is 119 Å². The number of allylic oxidation sites excluding steroid dienone is 2. The van der Waals surface area contributed by atoms with Gasteiger partial charge in [0.15, 0.2) is 0 Å². The maximum absolute atomic E-state index is 6.83. The van der Waals surface area contributed by atoms with Crippen molar-refractivity contribution in [3.63, 3.8) is 0 Å². The van der Waals surface area contributed by atoms with Gasteiger partial charge < -0.3 is 4.74 Å². The van der Waals surface area contributed by atoms with Gasteiger partial charge >= 0.3 is 0 Å². The summed E-state index contributed by atoms with van der Waals surface area (Å²) >= 11 is 0. The van der Waals surface area contributed by atoms with Gasteiger partial charge in [0.05, 0.1) is 22.4 Å². The van der Waals surface area contributed by atoms with Gasteiger partial charge in [0.1, 0.15) is 17.3 Å². The van der Waals surface area contributed by atoms with Crippen molar-refractivity contribution in [2.75, 3.05) is 0 Å². The van der Waals surface area contributed by atoms with E-state index in [1.807, 2.05) is 6.20 Å². The van der Waals surface area contributed by atoms with E-state index in [9.17, 15) is 0 Å². The quantitative estimate of drug-likeness (QED) is 0.125. The second kappa shape index (κ2) is 15.2. The lowest BCUT2D eigenvalue weighted by Crippen LogP contribution is -2.31. The van der Waals surface area contributed by atoms with Crippen molar-refractivity contribution in [2.24, 2.45) is 29.6 Å². The Bertz CT molecular complexity index is 2320. The highest BCUT2D eigenvalue weighted by atomic mass is 16.5. The molecule has 54 heavy (non-hydrogen) atoms. The van der Waals surface area contributed by atoms with Crippen LogP contribution >= 0.6 is 0 Å². The van der Waals surface area contributed by atoms with E-state index in [1.165, 1.54) is 39.6 Å². The van der Waals surface area contributed by atoms with Crippen LogP contribution in [0.3, 0.4) is 0 Å². The fraction of sp³-hybridized carbons (Fsp3) is 0.429. The molecule has 3 aromatic heterocycles. The molecule has 6 aromatic rings. The lowest BCUT2D eigenvalue weighted by molar-refractivity contribution is 0.232. The van der Waals surface area contributed by atoms with Crippen LogP contribution in [0.4, 0.5) is 0 Å². The summed E-state index contributed by atoms with van der Waals surface area (Å²) in [6.45, 7) is 25.6. The second-order valence-corrected chi connectivity index (χ2v) is 17.2. The fourth-order valence-electron chi connectivity index (χ4n) is 9.07. The number of aryl methyl sites for hydroxylation is 2. The molecule has 0 spiro atoms. The van der Waals surface area contributed by atoms with Crippen LogP contribution in [0.15, 0.2) is 90.6 Å². The third-order valence-electron chi connectivity index (χ3n) is 12.1. The Labute approximate surface area is 323 Å². The zero-order valence-electron chi connectivity index (χ0n) is 34.4. The molecule has 5 nitrogen and oxygen atoms in total. The number of hydrogen-bond donors (Lipinski definition) is 0. The van der Waals surface area contributed by atoms with Crippen LogP contribution < -0.4 is 4.74 Å². The highest BCUT2D eigenvalue weighted by Crippen LogP contribution is 2.50. The summed E-state index contributed by atoms with van der Waals surface area (Å²) in [5.74, 6) is 6.13. The molecule has 0 amide bonds. The van der Waals surface area contributed by atoms with Crippen molar-refractivity contribution in [1.82, 2.24) is 19.3 Å². The first-order chi connectivity index (χ1) is 25.9. The van der Waals surface area contributed by atoms with E-state index < -0.39 is 0 Å². The predicted octanol–water partition coefficient (Wildman–Crippen LogP) is 13.5. The van der Waals surface area contributed by atoms with Gasteiger partial charge in [0, 0.05) is 46.3 Å². The van der Waals surface area contributed by atoms with Crippen LogP contribution in [0.1, 0.15) is 115 Å².